The third-order valence-corrected chi connectivity index (χ3v) is 5.18. The maximum absolute atomic E-state index is 5.51. The first-order valence-electron chi connectivity index (χ1n) is 8.71. The van der Waals surface area contributed by atoms with Crippen LogP contribution in [-0.4, -0.2) is 25.1 Å². The second-order valence-electron chi connectivity index (χ2n) is 6.13. The molecule has 0 spiro atoms. The van der Waals surface area contributed by atoms with Gasteiger partial charge in [-0.2, -0.15) is 0 Å². The molecule has 0 fully saturated rings. The number of hydrogen-bond donors (Lipinski definition) is 0. The molecule has 3 heteroatoms. The summed E-state index contributed by atoms with van der Waals surface area (Å²) in [7, 11) is 1.74. The van der Waals surface area contributed by atoms with Crippen molar-refractivity contribution in [1.82, 2.24) is 4.90 Å². The van der Waals surface area contributed by atoms with Crippen LogP contribution in [0.5, 0.6) is 5.75 Å². The normalized spacial score (nSPS) is 11.1. The monoisotopic (exact) mass is 389 g/mol. The minimum Gasteiger partial charge on any atom is -0.496 e. The van der Waals surface area contributed by atoms with E-state index in [1.807, 2.05) is 12.1 Å². The number of halogens is 1. The summed E-state index contributed by atoms with van der Waals surface area (Å²) in [5.74, 6) is 0.969. The second-order valence-corrected chi connectivity index (χ2v) is 7.05. The lowest BCUT2D eigenvalue weighted by atomic mass is 9.95. The zero-order chi connectivity index (χ0) is 17.5. The molecule has 0 aliphatic heterocycles. The Hall–Kier alpha value is -1.32. The Kier molecular flexibility index (Phi) is 7.32. The van der Waals surface area contributed by atoms with Crippen LogP contribution in [0, 0.1) is 6.92 Å². The SMILES string of the molecule is CCN(CC)Cc1c(C)cccc1CCc1cc(Br)ccc1OC. The molecule has 0 aliphatic carbocycles. The summed E-state index contributed by atoms with van der Waals surface area (Å²) in [5, 5.41) is 0. The Morgan fingerprint density at radius 1 is 1.00 bits per heavy atom. The minimum absolute atomic E-state index is 0.969. The van der Waals surface area contributed by atoms with Crippen LogP contribution < -0.4 is 4.74 Å². The van der Waals surface area contributed by atoms with Crippen molar-refractivity contribution in [3.63, 3.8) is 0 Å². The Balaban J connectivity index is 2.21. The Morgan fingerprint density at radius 2 is 1.71 bits per heavy atom. The van der Waals surface area contributed by atoms with Crippen LogP contribution in [0.15, 0.2) is 40.9 Å². The van der Waals surface area contributed by atoms with Gasteiger partial charge in [0.05, 0.1) is 7.11 Å². The summed E-state index contributed by atoms with van der Waals surface area (Å²) >= 11 is 3.57. The van der Waals surface area contributed by atoms with Crippen molar-refractivity contribution in [2.45, 2.75) is 40.2 Å². The molecule has 2 aromatic rings. The van der Waals surface area contributed by atoms with Gasteiger partial charge in [0, 0.05) is 11.0 Å². The van der Waals surface area contributed by atoms with E-state index in [0.717, 1.165) is 42.7 Å². The van der Waals surface area contributed by atoms with Crippen LogP contribution in [0.4, 0.5) is 0 Å². The summed E-state index contributed by atoms with van der Waals surface area (Å²) in [6.07, 6.45) is 2.02. The van der Waals surface area contributed by atoms with Gasteiger partial charge >= 0.3 is 0 Å². The van der Waals surface area contributed by atoms with Crippen molar-refractivity contribution in [3.8, 4) is 5.75 Å². The Bertz CT molecular complexity index is 665. The van der Waals surface area contributed by atoms with Crippen molar-refractivity contribution in [1.29, 1.82) is 0 Å². The molecular formula is C21H28BrNO. The molecule has 2 nitrogen and oxygen atoms in total. The van der Waals surface area contributed by atoms with Crippen LogP contribution >= 0.6 is 15.9 Å². The third-order valence-electron chi connectivity index (χ3n) is 4.69. The molecule has 0 aliphatic rings. The van der Waals surface area contributed by atoms with E-state index in [4.69, 9.17) is 4.74 Å². The van der Waals surface area contributed by atoms with Gasteiger partial charge in [-0.15, -0.1) is 0 Å². The molecule has 0 radical (unpaired) electrons. The topological polar surface area (TPSA) is 12.5 Å². The van der Waals surface area contributed by atoms with Gasteiger partial charge in [-0.25, -0.2) is 0 Å². The predicted molar refractivity (Wildman–Crippen MR) is 106 cm³/mol. The largest absolute Gasteiger partial charge is 0.496 e. The first-order valence-corrected chi connectivity index (χ1v) is 9.50. The van der Waals surface area contributed by atoms with Gasteiger partial charge in [-0.3, -0.25) is 4.90 Å². The van der Waals surface area contributed by atoms with E-state index in [-0.39, 0.29) is 0 Å². The molecule has 0 aromatic heterocycles. The number of benzene rings is 2. The van der Waals surface area contributed by atoms with Crippen molar-refractivity contribution in [3.05, 3.63) is 63.1 Å². The van der Waals surface area contributed by atoms with Gasteiger partial charge in [0.1, 0.15) is 5.75 Å². The first kappa shape index (κ1) is 19.0. The van der Waals surface area contributed by atoms with Crippen LogP contribution in [0.2, 0.25) is 0 Å². The van der Waals surface area contributed by atoms with Crippen molar-refractivity contribution in [2.75, 3.05) is 20.2 Å². The highest BCUT2D eigenvalue weighted by molar-refractivity contribution is 9.10. The van der Waals surface area contributed by atoms with Gasteiger partial charge in [0.25, 0.3) is 0 Å². The number of aryl methyl sites for hydroxylation is 3. The molecule has 130 valence electrons. The van der Waals surface area contributed by atoms with E-state index in [0.29, 0.717) is 0 Å². The first-order chi connectivity index (χ1) is 11.6. The fourth-order valence-electron chi connectivity index (χ4n) is 3.11. The quantitative estimate of drug-likeness (QED) is 0.599. The maximum atomic E-state index is 5.51. The summed E-state index contributed by atoms with van der Waals surface area (Å²) in [4.78, 5) is 2.48. The molecule has 0 amide bonds. The van der Waals surface area contributed by atoms with Crippen LogP contribution in [0.3, 0.4) is 0 Å². The number of hydrogen-bond acceptors (Lipinski definition) is 2. The standard InChI is InChI=1S/C21H28BrNO/c1-5-23(6-2)15-20-16(3)8-7-9-17(20)10-11-18-14-19(22)12-13-21(18)24-4/h7-9,12-14H,5-6,10-11,15H2,1-4H3. The molecule has 24 heavy (non-hydrogen) atoms. The predicted octanol–water partition coefficient (Wildman–Crippen LogP) is 5.39. The van der Waals surface area contributed by atoms with Crippen LogP contribution in [0.25, 0.3) is 0 Å². The molecule has 0 atom stereocenters. The van der Waals surface area contributed by atoms with E-state index < -0.39 is 0 Å². The van der Waals surface area contributed by atoms with Gasteiger partial charge in [-0.1, -0.05) is 48.0 Å². The van der Waals surface area contributed by atoms with E-state index >= 15 is 0 Å². The highest BCUT2D eigenvalue weighted by Crippen LogP contribution is 2.26. The number of ether oxygens (including phenoxy) is 1. The number of rotatable bonds is 8. The lowest BCUT2D eigenvalue weighted by Crippen LogP contribution is -2.23. The zero-order valence-electron chi connectivity index (χ0n) is 15.2. The van der Waals surface area contributed by atoms with Crippen molar-refractivity contribution < 1.29 is 4.74 Å². The second kappa shape index (κ2) is 9.24. The Labute approximate surface area is 155 Å². The van der Waals surface area contributed by atoms with Crippen LogP contribution in [-0.2, 0) is 19.4 Å². The summed E-state index contributed by atoms with van der Waals surface area (Å²) in [6.45, 7) is 9.89. The highest BCUT2D eigenvalue weighted by atomic mass is 79.9. The van der Waals surface area contributed by atoms with Gasteiger partial charge < -0.3 is 4.74 Å². The maximum Gasteiger partial charge on any atom is 0.122 e. The average Bonchev–Trinajstić information content (AvgIpc) is 2.59. The van der Waals surface area contributed by atoms with E-state index in [1.165, 1.54) is 22.3 Å². The number of methoxy groups -OCH3 is 1. The summed E-state index contributed by atoms with van der Waals surface area (Å²) in [6, 6.07) is 12.9. The van der Waals surface area contributed by atoms with Gasteiger partial charge in [0.2, 0.25) is 0 Å². The zero-order valence-corrected chi connectivity index (χ0v) is 16.8. The lowest BCUT2D eigenvalue weighted by molar-refractivity contribution is 0.294. The van der Waals surface area contributed by atoms with Gasteiger partial charge in [0.15, 0.2) is 0 Å². The molecule has 0 saturated carbocycles. The van der Waals surface area contributed by atoms with Gasteiger partial charge in [-0.05, 0) is 73.3 Å². The molecule has 2 aromatic carbocycles. The molecule has 0 saturated heterocycles. The smallest absolute Gasteiger partial charge is 0.122 e. The lowest BCUT2D eigenvalue weighted by Gasteiger charge is -2.22. The summed E-state index contributed by atoms with van der Waals surface area (Å²) < 4.78 is 6.62. The number of nitrogens with zero attached hydrogens (tertiary/aromatic N) is 1. The fourth-order valence-corrected chi connectivity index (χ4v) is 3.51. The van der Waals surface area contributed by atoms with E-state index in [1.54, 1.807) is 7.11 Å². The molecule has 0 N–H and O–H groups in total. The van der Waals surface area contributed by atoms with Crippen molar-refractivity contribution >= 4 is 15.9 Å². The average molecular weight is 390 g/mol. The molecule has 0 unspecified atom stereocenters. The fraction of sp³-hybridized carbons (Fsp3) is 0.429. The minimum atomic E-state index is 0.969. The summed E-state index contributed by atoms with van der Waals surface area (Å²) in [5.41, 5.74) is 5.57. The molecular weight excluding hydrogens is 362 g/mol. The molecule has 0 heterocycles. The Morgan fingerprint density at radius 3 is 2.38 bits per heavy atom. The third kappa shape index (κ3) is 4.84. The van der Waals surface area contributed by atoms with E-state index in [2.05, 4.69) is 65.9 Å². The van der Waals surface area contributed by atoms with E-state index in [9.17, 15) is 0 Å². The molecule has 0 bridgehead atoms. The molecule has 2 rings (SSSR count). The van der Waals surface area contributed by atoms with Crippen LogP contribution in [0.1, 0.15) is 36.1 Å². The highest BCUT2D eigenvalue weighted by Gasteiger charge is 2.11. The van der Waals surface area contributed by atoms with Crippen molar-refractivity contribution in [2.24, 2.45) is 0 Å².